The Hall–Kier alpha value is -1.86. The summed E-state index contributed by atoms with van der Waals surface area (Å²) in [5.74, 6) is 0.828. The number of rotatable bonds is 5. The lowest BCUT2D eigenvalue weighted by molar-refractivity contribution is 0.169. The van der Waals surface area contributed by atoms with Crippen molar-refractivity contribution in [3.8, 4) is 5.75 Å². The number of aromatic nitrogens is 1. The predicted octanol–water partition coefficient (Wildman–Crippen LogP) is 3.28. The Balaban J connectivity index is 1.67. The number of fused-ring (bicyclic) bond motifs is 1. The van der Waals surface area contributed by atoms with Crippen molar-refractivity contribution in [1.82, 2.24) is 15.2 Å². The number of hydrogen-bond donors (Lipinski definition) is 2. The second kappa shape index (κ2) is 8.01. The van der Waals surface area contributed by atoms with Crippen molar-refractivity contribution < 1.29 is 14.6 Å². The van der Waals surface area contributed by atoms with Gasteiger partial charge in [-0.1, -0.05) is 0 Å². The minimum atomic E-state index is -0.931. The third-order valence-corrected chi connectivity index (χ3v) is 5.41. The number of nitrogens with one attached hydrogen (secondary N) is 1. The monoisotopic (exact) mass is 407 g/mol. The van der Waals surface area contributed by atoms with Gasteiger partial charge in [0.15, 0.2) is 0 Å². The van der Waals surface area contributed by atoms with Crippen LogP contribution < -0.4 is 10.1 Å². The van der Waals surface area contributed by atoms with Crippen molar-refractivity contribution in [2.75, 3.05) is 26.7 Å². The van der Waals surface area contributed by atoms with Crippen LogP contribution in [0.4, 0.5) is 4.79 Å². The fourth-order valence-electron chi connectivity index (χ4n) is 3.33. The molecule has 0 aliphatic carbocycles. The molecule has 2 heterocycles. The van der Waals surface area contributed by atoms with E-state index in [4.69, 9.17) is 9.84 Å². The number of pyridine rings is 1. The van der Waals surface area contributed by atoms with Crippen LogP contribution in [0.15, 0.2) is 28.9 Å². The van der Waals surface area contributed by atoms with Gasteiger partial charge >= 0.3 is 6.09 Å². The average molecular weight is 408 g/mol. The van der Waals surface area contributed by atoms with E-state index in [0.717, 1.165) is 60.0 Å². The van der Waals surface area contributed by atoms with Gasteiger partial charge in [0.2, 0.25) is 0 Å². The van der Waals surface area contributed by atoms with Crippen molar-refractivity contribution in [1.29, 1.82) is 0 Å². The highest BCUT2D eigenvalue weighted by Gasteiger charge is 2.20. The normalized spacial score (nSPS) is 16.1. The van der Waals surface area contributed by atoms with Crippen LogP contribution in [-0.2, 0) is 6.42 Å². The molecule has 0 spiro atoms. The van der Waals surface area contributed by atoms with Crippen LogP contribution in [0.5, 0.6) is 5.75 Å². The third kappa shape index (κ3) is 4.41. The molecule has 0 unspecified atom stereocenters. The molecule has 7 heteroatoms. The van der Waals surface area contributed by atoms with Gasteiger partial charge in [0, 0.05) is 41.7 Å². The Morgan fingerprint density at radius 1 is 1.44 bits per heavy atom. The molecular formula is C18H22BrN3O3. The topological polar surface area (TPSA) is 74.7 Å². The molecule has 1 saturated heterocycles. The maximum absolute atomic E-state index is 10.7. The minimum absolute atomic E-state index is 0.0755. The molecule has 1 aliphatic heterocycles. The summed E-state index contributed by atoms with van der Waals surface area (Å²) in [6, 6.07) is 6.01. The number of halogens is 1. The molecule has 1 aromatic carbocycles. The zero-order chi connectivity index (χ0) is 17.8. The summed E-state index contributed by atoms with van der Waals surface area (Å²) in [5, 5.41) is 12.5. The molecule has 1 aromatic heterocycles. The van der Waals surface area contributed by atoms with Gasteiger partial charge in [-0.3, -0.25) is 4.98 Å². The summed E-state index contributed by atoms with van der Waals surface area (Å²) in [7, 11) is 1.67. The van der Waals surface area contributed by atoms with E-state index < -0.39 is 6.09 Å². The number of benzene rings is 1. The molecule has 0 saturated carbocycles. The standard InChI is InChI=1S/C18H22BrN3O3/c1-25-13-2-3-17-15(10-13)14(16(19)11-20-17)6-9-22-7-4-12(5-8-22)21-18(23)24/h2-3,10-12,21H,4-9H2,1H3,(H,23,24). The quantitative estimate of drug-likeness (QED) is 0.795. The largest absolute Gasteiger partial charge is 0.497 e. The van der Waals surface area contributed by atoms with E-state index in [1.165, 1.54) is 5.56 Å². The molecule has 1 fully saturated rings. The number of nitrogens with zero attached hydrogens (tertiary/aromatic N) is 2. The Labute approximate surface area is 155 Å². The van der Waals surface area contributed by atoms with Crippen LogP contribution in [0.25, 0.3) is 10.9 Å². The zero-order valence-electron chi connectivity index (χ0n) is 14.2. The van der Waals surface area contributed by atoms with Gasteiger partial charge in [-0.2, -0.15) is 0 Å². The molecule has 1 amide bonds. The first-order valence-corrected chi connectivity index (χ1v) is 9.19. The fourth-order valence-corrected chi connectivity index (χ4v) is 3.84. The highest BCUT2D eigenvalue weighted by Crippen LogP contribution is 2.28. The summed E-state index contributed by atoms with van der Waals surface area (Å²) in [5.41, 5.74) is 2.19. The Bertz CT molecular complexity index is 761. The van der Waals surface area contributed by atoms with E-state index in [0.29, 0.717) is 0 Å². The Morgan fingerprint density at radius 2 is 2.20 bits per heavy atom. The van der Waals surface area contributed by atoms with Crippen molar-refractivity contribution in [2.24, 2.45) is 0 Å². The summed E-state index contributed by atoms with van der Waals surface area (Å²) >= 11 is 3.63. The van der Waals surface area contributed by atoms with E-state index >= 15 is 0 Å². The van der Waals surface area contributed by atoms with E-state index in [9.17, 15) is 4.79 Å². The van der Waals surface area contributed by atoms with Gasteiger partial charge in [0.25, 0.3) is 0 Å². The Morgan fingerprint density at radius 3 is 2.88 bits per heavy atom. The number of methoxy groups -OCH3 is 1. The van der Waals surface area contributed by atoms with E-state index in [-0.39, 0.29) is 6.04 Å². The first-order valence-electron chi connectivity index (χ1n) is 8.40. The smallest absolute Gasteiger partial charge is 0.404 e. The van der Waals surface area contributed by atoms with Gasteiger partial charge in [-0.25, -0.2) is 4.79 Å². The summed E-state index contributed by atoms with van der Waals surface area (Å²) in [6.07, 6.45) is 3.55. The molecule has 0 atom stereocenters. The van der Waals surface area contributed by atoms with Gasteiger partial charge < -0.3 is 20.1 Å². The number of piperidine rings is 1. The van der Waals surface area contributed by atoms with Crippen LogP contribution in [-0.4, -0.2) is 53.9 Å². The second-order valence-electron chi connectivity index (χ2n) is 6.28. The maximum Gasteiger partial charge on any atom is 0.404 e. The van der Waals surface area contributed by atoms with Crippen LogP contribution in [0.1, 0.15) is 18.4 Å². The molecule has 25 heavy (non-hydrogen) atoms. The zero-order valence-corrected chi connectivity index (χ0v) is 15.8. The van der Waals surface area contributed by atoms with Gasteiger partial charge in [-0.15, -0.1) is 0 Å². The molecule has 2 N–H and O–H groups in total. The van der Waals surface area contributed by atoms with Gasteiger partial charge in [0.1, 0.15) is 5.75 Å². The van der Waals surface area contributed by atoms with Crippen LogP contribution in [0, 0.1) is 0 Å². The van der Waals surface area contributed by atoms with Crippen molar-refractivity contribution >= 4 is 32.9 Å². The minimum Gasteiger partial charge on any atom is -0.497 e. The first-order chi connectivity index (χ1) is 12.1. The number of likely N-dealkylation sites (tertiary alicyclic amines) is 1. The number of carboxylic acid groups (broad SMARTS) is 1. The van der Waals surface area contributed by atoms with Crippen LogP contribution >= 0.6 is 15.9 Å². The van der Waals surface area contributed by atoms with E-state index in [1.54, 1.807) is 7.11 Å². The summed E-state index contributed by atoms with van der Waals surface area (Å²) in [6.45, 7) is 2.76. The molecule has 0 bridgehead atoms. The lowest BCUT2D eigenvalue weighted by Gasteiger charge is -2.31. The maximum atomic E-state index is 10.7. The average Bonchev–Trinajstić information content (AvgIpc) is 2.61. The first kappa shape index (κ1) is 17.9. The lowest BCUT2D eigenvalue weighted by atomic mass is 10.0. The molecule has 0 radical (unpaired) electrons. The summed E-state index contributed by atoms with van der Waals surface area (Å²) in [4.78, 5) is 17.6. The number of carbonyl (C=O) groups is 1. The van der Waals surface area contributed by atoms with Crippen LogP contribution in [0.2, 0.25) is 0 Å². The highest BCUT2D eigenvalue weighted by atomic mass is 79.9. The van der Waals surface area contributed by atoms with Crippen molar-refractivity contribution in [2.45, 2.75) is 25.3 Å². The number of amides is 1. The molecule has 2 aromatic rings. The lowest BCUT2D eigenvalue weighted by Crippen LogP contribution is -2.44. The Kier molecular flexibility index (Phi) is 5.75. The van der Waals surface area contributed by atoms with Crippen LogP contribution in [0.3, 0.4) is 0 Å². The van der Waals surface area contributed by atoms with Crippen molar-refractivity contribution in [3.05, 3.63) is 34.4 Å². The molecule has 134 valence electrons. The SMILES string of the molecule is COc1ccc2ncc(Br)c(CCN3CCC(NC(=O)O)CC3)c2c1. The highest BCUT2D eigenvalue weighted by molar-refractivity contribution is 9.10. The molecule has 3 rings (SSSR count). The predicted molar refractivity (Wildman–Crippen MR) is 100 cm³/mol. The van der Waals surface area contributed by atoms with Gasteiger partial charge in [-0.05, 0) is 59.0 Å². The molecular weight excluding hydrogens is 386 g/mol. The van der Waals surface area contributed by atoms with E-state index in [1.807, 2.05) is 24.4 Å². The summed E-state index contributed by atoms with van der Waals surface area (Å²) < 4.78 is 6.36. The van der Waals surface area contributed by atoms with Crippen molar-refractivity contribution in [3.63, 3.8) is 0 Å². The number of ether oxygens (including phenoxy) is 1. The molecule has 1 aliphatic rings. The van der Waals surface area contributed by atoms with E-state index in [2.05, 4.69) is 31.1 Å². The second-order valence-corrected chi connectivity index (χ2v) is 7.14. The molecule has 6 nitrogen and oxygen atoms in total. The number of hydrogen-bond acceptors (Lipinski definition) is 4. The fraction of sp³-hybridized carbons (Fsp3) is 0.444. The van der Waals surface area contributed by atoms with Gasteiger partial charge in [0.05, 0.1) is 12.6 Å². The third-order valence-electron chi connectivity index (χ3n) is 4.73.